The van der Waals surface area contributed by atoms with Crippen molar-refractivity contribution in [3.05, 3.63) is 54.1 Å². The molecule has 2 aromatic rings. The van der Waals surface area contributed by atoms with Gasteiger partial charge in [-0.15, -0.1) is 0 Å². The maximum Gasteiger partial charge on any atom is 0.307 e. The third kappa shape index (κ3) is 7.01. The Hall–Kier alpha value is -2.62. The molecule has 0 saturated heterocycles. The number of hydrogen-bond donors (Lipinski definition) is 1. The number of carbonyl (C=O) groups excluding carboxylic acids is 1. The Morgan fingerprint density at radius 2 is 1.77 bits per heavy atom. The summed E-state index contributed by atoms with van der Waals surface area (Å²) >= 11 is 0. The lowest BCUT2D eigenvalue weighted by Crippen LogP contribution is -2.30. The van der Waals surface area contributed by atoms with Gasteiger partial charge in [0.15, 0.2) is 0 Å². The van der Waals surface area contributed by atoms with Crippen molar-refractivity contribution < 1.29 is 32.2 Å². The van der Waals surface area contributed by atoms with Crippen LogP contribution in [0.15, 0.2) is 53.4 Å². The van der Waals surface area contributed by atoms with E-state index in [0.29, 0.717) is 30.3 Å². The van der Waals surface area contributed by atoms with Gasteiger partial charge in [0.1, 0.15) is 18.1 Å². The second kappa shape index (κ2) is 11.5. The number of methoxy groups -OCH3 is 2. The number of carbonyl (C=O) groups is 1. The lowest BCUT2D eigenvalue weighted by molar-refractivity contribution is -0.143. The van der Waals surface area contributed by atoms with E-state index in [1.54, 1.807) is 50.4 Å². The second-order valence-corrected chi connectivity index (χ2v) is 7.99. The van der Waals surface area contributed by atoms with E-state index >= 15 is 0 Å². The Morgan fingerprint density at radius 1 is 1.03 bits per heavy atom. The predicted octanol–water partition coefficient (Wildman–Crippen LogP) is 2.69. The summed E-state index contributed by atoms with van der Waals surface area (Å²) in [5.41, 5.74) is 0.588. The summed E-state index contributed by atoms with van der Waals surface area (Å²) in [6, 6.07) is 12.1. The van der Waals surface area contributed by atoms with Crippen molar-refractivity contribution in [3.8, 4) is 11.5 Å². The zero-order valence-corrected chi connectivity index (χ0v) is 18.1. The van der Waals surface area contributed by atoms with E-state index in [0.717, 1.165) is 0 Å². The standard InChI is InChI=1S/C21H27NO7S/c1-4-28-21(23)15-20(16-6-5-7-18(14-16)27-3)22-30(24,25)19-10-8-17(9-11-19)29-13-12-26-2/h5-11,14,20,22H,4,12-13,15H2,1-3H3. The fraction of sp³-hybridized carbons (Fsp3) is 0.381. The molecule has 0 bridgehead atoms. The Kier molecular flexibility index (Phi) is 9.10. The van der Waals surface area contributed by atoms with Crippen LogP contribution < -0.4 is 14.2 Å². The third-order valence-electron chi connectivity index (χ3n) is 4.16. The number of sulfonamides is 1. The molecule has 0 aromatic heterocycles. The first-order valence-corrected chi connectivity index (χ1v) is 10.9. The summed E-state index contributed by atoms with van der Waals surface area (Å²) in [6.45, 7) is 2.69. The van der Waals surface area contributed by atoms with E-state index in [2.05, 4.69) is 4.72 Å². The quantitative estimate of drug-likeness (QED) is 0.402. The van der Waals surface area contributed by atoms with Gasteiger partial charge in [0.2, 0.25) is 10.0 Å². The van der Waals surface area contributed by atoms with Gasteiger partial charge in [0, 0.05) is 7.11 Å². The highest BCUT2D eigenvalue weighted by Crippen LogP contribution is 2.25. The predicted molar refractivity (Wildman–Crippen MR) is 111 cm³/mol. The highest BCUT2D eigenvalue weighted by atomic mass is 32.2. The van der Waals surface area contributed by atoms with Gasteiger partial charge in [-0.3, -0.25) is 4.79 Å². The lowest BCUT2D eigenvalue weighted by atomic mass is 10.0. The maximum atomic E-state index is 12.9. The van der Waals surface area contributed by atoms with Crippen molar-refractivity contribution >= 4 is 16.0 Å². The minimum absolute atomic E-state index is 0.0540. The molecule has 164 valence electrons. The molecule has 0 amide bonds. The molecule has 1 unspecified atom stereocenters. The van der Waals surface area contributed by atoms with Crippen LogP contribution in [0.1, 0.15) is 24.9 Å². The SMILES string of the molecule is CCOC(=O)CC(NS(=O)(=O)c1ccc(OCCOC)cc1)c1cccc(OC)c1. The molecule has 0 radical (unpaired) electrons. The minimum atomic E-state index is -3.91. The maximum absolute atomic E-state index is 12.9. The van der Waals surface area contributed by atoms with Crippen LogP contribution in [0.25, 0.3) is 0 Å². The largest absolute Gasteiger partial charge is 0.497 e. The fourth-order valence-electron chi connectivity index (χ4n) is 2.69. The smallest absolute Gasteiger partial charge is 0.307 e. The Balaban J connectivity index is 2.22. The summed E-state index contributed by atoms with van der Waals surface area (Å²) in [5.74, 6) is 0.579. The van der Waals surface area contributed by atoms with E-state index in [1.807, 2.05) is 0 Å². The van der Waals surface area contributed by atoms with Crippen molar-refractivity contribution in [2.24, 2.45) is 0 Å². The topological polar surface area (TPSA) is 100 Å². The number of nitrogens with one attached hydrogen (secondary N) is 1. The van der Waals surface area contributed by atoms with Gasteiger partial charge in [0.05, 0.1) is 37.7 Å². The summed E-state index contributed by atoms with van der Waals surface area (Å²) in [4.78, 5) is 12.1. The number of hydrogen-bond acceptors (Lipinski definition) is 7. The Labute approximate surface area is 177 Å². The molecule has 1 atom stereocenters. The molecular weight excluding hydrogens is 410 g/mol. The molecule has 0 heterocycles. The van der Waals surface area contributed by atoms with E-state index in [4.69, 9.17) is 18.9 Å². The summed E-state index contributed by atoms with van der Waals surface area (Å²) < 4.78 is 49.0. The van der Waals surface area contributed by atoms with Gasteiger partial charge in [-0.05, 0) is 48.9 Å². The normalized spacial score (nSPS) is 12.2. The zero-order valence-electron chi connectivity index (χ0n) is 17.3. The fourth-order valence-corrected chi connectivity index (χ4v) is 3.91. The first-order chi connectivity index (χ1) is 14.4. The average Bonchev–Trinajstić information content (AvgIpc) is 2.74. The Bertz CT molecular complexity index is 913. The monoisotopic (exact) mass is 437 g/mol. The number of rotatable bonds is 12. The van der Waals surface area contributed by atoms with Gasteiger partial charge in [-0.2, -0.15) is 0 Å². The molecule has 8 nitrogen and oxygen atoms in total. The van der Waals surface area contributed by atoms with Crippen molar-refractivity contribution in [2.45, 2.75) is 24.3 Å². The van der Waals surface area contributed by atoms with Crippen molar-refractivity contribution in [1.29, 1.82) is 0 Å². The van der Waals surface area contributed by atoms with Crippen LogP contribution in [0.5, 0.6) is 11.5 Å². The Morgan fingerprint density at radius 3 is 2.40 bits per heavy atom. The van der Waals surface area contributed by atoms with Gasteiger partial charge < -0.3 is 18.9 Å². The van der Waals surface area contributed by atoms with Crippen LogP contribution in [-0.4, -0.2) is 48.4 Å². The zero-order chi connectivity index (χ0) is 22.0. The van der Waals surface area contributed by atoms with Crippen LogP contribution in [0, 0.1) is 0 Å². The second-order valence-electron chi connectivity index (χ2n) is 6.27. The van der Waals surface area contributed by atoms with Gasteiger partial charge in [-0.1, -0.05) is 12.1 Å². The third-order valence-corrected chi connectivity index (χ3v) is 5.65. The molecular formula is C21H27NO7S. The molecule has 0 saturated carbocycles. The molecule has 9 heteroatoms. The molecule has 0 aliphatic heterocycles. The van der Waals surface area contributed by atoms with Gasteiger partial charge in [-0.25, -0.2) is 13.1 Å². The molecule has 30 heavy (non-hydrogen) atoms. The van der Waals surface area contributed by atoms with Crippen LogP contribution >= 0.6 is 0 Å². The van der Waals surface area contributed by atoms with Crippen LogP contribution in [0.2, 0.25) is 0 Å². The number of benzene rings is 2. The van der Waals surface area contributed by atoms with E-state index in [9.17, 15) is 13.2 Å². The molecule has 0 spiro atoms. The lowest BCUT2D eigenvalue weighted by Gasteiger charge is -2.19. The van der Waals surface area contributed by atoms with Crippen molar-refractivity contribution in [2.75, 3.05) is 34.0 Å². The highest BCUT2D eigenvalue weighted by molar-refractivity contribution is 7.89. The highest BCUT2D eigenvalue weighted by Gasteiger charge is 2.25. The van der Waals surface area contributed by atoms with E-state index in [-0.39, 0.29) is 17.9 Å². The van der Waals surface area contributed by atoms with Crippen LogP contribution in [0.4, 0.5) is 0 Å². The summed E-state index contributed by atoms with van der Waals surface area (Å²) in [6.07, 6.45) is -0.154. The van der Waals surface area contributed by atoms with Crippen LogP contribution in [0.3, 0.4) is 0 Å². The van der Waals surface area contributed by atoms with Gasteiger partial charge in [0.25, 0.3) is 0 Å². The molecule has 2 rings (SSSR count). The van der Waals surface area contributed by atoms with E-state index < -0.39 is 22.0 Å². The average molecular weight is 438 g/mol. The molecule has 0 aliphatic carbocycles. The first kappa shape index (κ1) is 23.7. The van der Waals surface area contributed by atoms with E-state index in [1.165, 1.54) is 19.2 Å². The summed E-state index contributed by atoms with van der Waals surface area (Å²) in [7, 11) is -0.826. The van der Waals surface area contributed by atoms with Crippen molar-refractivity contribution in [1.82, 2.24) is 4.72 Å². The molecule has 1 N–H and O–H groups in total. The van der Waals surface area contributed by atoms with Crippen LogP contribution in [-0.2, 0) is 24.3 Å². The molecule has 2 aromatic carbocycles. The minimum Gasteiger partial charge on any atom is -0.497 e. The number of ether oxygens (including phenoxy) is 4. The number of esters is 1. The molecule has 0 aliphatic rings. The van der Waals surface area contributed by atoms with Crippen molar-refractivity contribution in [3.63, 3.8) is 0 Å². The first-order valence-electron chi connectivity index (χ1n) is 9.43. The molecule has 0 fully saturated rings. The summed E-state index contributed by atoms with van der Waals surface area (Å²) in [5, 5.41) is 0. The van der Waals surface area contributed by atoms with Gasteiger partial charge >= 0.3 is 5.97 Å².